The summed E-state index contributed by atoms with van der Waals surface area (Å²) in [5, 5.41) is 12.0. The smallest absolute Gasteiger partial charge is 0.320 e. The predicted octanol–water partition coefficient (Wildman–Crippen LogP) is 4.87. The van der Waals surface area contributed by atoms with Gasteiger partial charge < -0.3 is 16.2 Å². The van der Waals surface area contributed by atoms with Crippen molar-refractivity contribution >= 4 is 11.9 Å². The van der Waals surface area contributed by atoms with E-state index in [-0.39, 0.29) is 23.7 Å². The molecule has 0 aliphatic carbocycles. The minimum absolute atomic E-state index is 0.0433. The van der Waals surface area contributed by atoms with E-state index < -0.39 is 12.0 Å². The fourth-order valence-corrected chi connectivity index (χ4v) is 3.89. The Morgan fingerprint density at radius 1 is 0.879 bits per heavy atom. The topological polar surface area (TPSA) is 92.4 Å². The highest BCUT2D eigenvalue weighted by atomic mass is 16.4. The van der Waals surface area contributed by atoms with Crippen molar-refractivity contribution in [1.29, 1.82) is 0 Å². The van der Waals surface area contributed by atoms with Gasteiger partial charge in [-0.1, -0.05) is 87.5 Å². The Bertz CT molecular complexity index is 1070. The fraction of sp³-hybridized carbons (Fsp3) is 0.286. The molecule has 5 nitrogen and oxygen atoms in total. The van der Waals surface area contributed by atoms with Crippen LogP contribution < -0.4 is 11.1 Å². The predicted molar refractivity (Wildman–Crippen MR) is 132 cm³/mol. The quantitative estimate of drug-likeness (QED) is 0.462. The van der Waals surface area contributed by atoms with Crippen LogP contribution in [0.1, 0.15) is 48.2 Å². The highest BCUT2D eigenvalue weighted by molar-refractivity contribution is 5.94. The maximum Gasteiger partial charge on any atom is 0.320 e. The molecule has 2 atom stereocenters. The molecule has 4 N–H and O–H groups in total. The molecule has 0 saturated heterocycles. The number of carbonyl (C=O) groups is 2. The lowest BCUT2D eigenvalue weighted by Crippen LogP contribution is -2.34. The first-order valence-corrected chi connectivity index (χ1v) is 11.2. The molecule has 1 amide bonds. The summed E-state index contributed by atoms with van der Waals surface area (Å²) < 4.78 is 0. The first-order valence-electron chi connectivity index (χ1n) is 11.2. The molecule has 3 rings (SSSR count). The van der Waals surface area contributed by atoms with Crippen molar-refractivity contribution in [2.45, 2.75) is 39.2 Å². The summed E-state index contributed by atoms with van der Waals surface area (Å²) in [7, 11) is 0. The third-order valence-electron chi connectivity index (χ3n) is 5.92. The van der Waals surface area contributed by atoms with E-state index in [1.807, 2.05) is 18.2 Å². The molecule has 0 saturated carbocycles. The minimum Gasteiger partial charge on any atom is -0.480 e. The van der Waals surface area contributed by atoms with Crippen LogP contribution in [-0.2, 0) is 11.2 Å². The first-order chi connectivity index (χ1) is 15.6. The van der Waals surface area contributed by atoms with E-state index in [0.717, 1.165) is 5.56 Å². The van der Waals surface area contributed by atoms with Gasteiger partial charge in [-0.15, -0.1) is 0 Å². The third kappa shape index (κ3) is 6.53. The van der Waals surface area contributed by atoms with Crippen LogP contribution in [-0.4, -0.2) is 29.6 Å². The molecule has 0 radical (unpaired) electrons. The van der Waals surface area contributed by atoms with Gasteiger partial charge in [-0.25, -0.2) is 0 Å². The first kappa shape index (κ1) is 24.2. The Morgan fingerprint density at radius 3 is 2.00 bits per heavy atom. The summed E-state index contributed by atoms with van der Waals surface area (Å²) in [4.78, 5) is 23.7. The molecule has 0 spiro atoms. The van der Waals surface area contributed by atoms with Crippen molar-refractivity contribution in [2.75, 3.05) is 6.54 Å². The average Bonchev–Trinajstić information content (AvgIpc) is 2.79. The molecule has 0 aliphatic rings. The average molecular weight is 445 g/mol. The largest absolute Gasteiger partial charge is 0.480 e. The van der Waals surface area contributed by atoms with Gasteiger partial charge in [0.05, 0.1) is 0 Å². The summed E-state index contributed by atoms with van der Waals surface area (Å²) in [5.41, 5.74) is 10.4. The Morgan fingerprint density at radius 2 is 1.45 bits per heavy atom. The molecule has 3 aromatic rings. The lowest BCUT2D eigenvalue weighted by atomic mass is 9.76. The van der Waals surface area contributed by atoms with Crippen LogP contribution in [0.4, 0.5) is 0 Å². The van der Waals surface area contributed by atoms with Crippen LogP contribution in [0.2, 0.25) is 0 Å². The van der Waals surface area contributed by atoms with E-state index in [1.165, 1.54) is 16.7 Å². The number of carbonyl (C=O) groups excluding carboxylic acids is 1. The molecular weight excluding hydrogens is 412 g/mol. The molecule has 0 fully saturated rings. The Balaban J connectivity index is 1.67. The van der Waals surface area contributed by atoms with Gasteiger partial charge in [-0.3, -0.25) is 9.59 Å². The van der Waals surface area contributed by atoms with E-state index in [4.69, 9.17) is 10.8 Å². The molecule has 33 heavy (non-hydrogen) atoms. The van der Waals surface area contributed by atoms with Gasteiger partial charge in [0.15, 0.2) is 0 Å². The number of carboxylic acid groups (broad SMARTS) is 1. The fourth-order valence-electron chi connectivity index (χ4n) is 3.89. The van der Waals surface area contributed by atoms with Gasteiger partial charge in [0, 0.05) is 18.0 Å². The zero-order valence-electron chi connectivity index (χ0n) is 19.4. The lowest BCUT2D eigenvalue weighted by Gasteiger charge is -2.31. The second-order valence-corrected chi connectivity index (χ2v) is 9.46. The molecule has 0 unspecified atom stereocenters. The van der Waals surface area contributed by atoms with Crippen molar-refractivity contribution in [2.24, 2.45) is 11.1 Å². The molecule has 172 valence electrons. The number of hydrogen-bond acceptors (Lipinski definition) is 3. The Labute approximate surface area is 195 Å². The highest BCUT2D eigenvalue weighted by Gasteiger charge is 2.27. The Kier molecular flexibility index (Phi) is 7.67. The van der Waals surface area contributed by atoms with Crippen molar-refractivity contribution in [1.82, 2.24) is 5.32 Å². The minimum atomic E-state index is -1.04. The van der Waals surface area contributed by atoms with Gasteiger partial charge in [0.2, 0.25) is 0 Å². The van der Waals surface area contributed by atoms with Crippen LogP contribution in [0.5, 0.6) is 0 Å². The van der Waals surface area contributed by atoms with Crippen molar-refractivity contribution in [3.8, 4) is 11.1 Å². The molecule has 0 heterocycles. The maximum atomic E-state index is 12.8. The molecule has 0 aliphatic heterocycles. The van der Waals surface area contributed by atoms with Gasteiger partial charge in [0.25, 0.3) is 5.91 Å². The zero-order chi connectivity index (χ0) is 24.0. The van der Waals surface area contributed by atoms with Crippen LogP contribution in [0.25, 0.3) is 11.1 Å². The van der Waals surface area contributed by atoms with Gasteiger partial charge in [-0.05, 0) is 46.2 Å². The third-order valence-corrected chi connectivity index (χ3v) is 5.92. The normalized spacial score (nSPS) is 13.2. The van der Waals surface area contributed by atoms with Gasteiger partial charge in [-0.2, -0.15) is 0 Å². The second kappa shape index (κ2) is 10.5. The summed E-state index contributed by atoms with van der Waals surface area (Å²) >= 11 is 0. The summed E-state index contributed by atoms with van der Waals surface area (Å²) in [6, 6.07) is 24.8. The van der Waals surface area contributed by atoms with E-state index in [0.29, 0.717) is 12.1 Å². The molecule has 0 bridgehead atoms. The van der Waals surface area contributed by atoms with E-state index >= 15 is 0 Å². The molecule has 0 aromatic heterocycles. The number of hydrogen-bond donors (Lipinski definition) is 3. The number of nitrogens with two attached hydrogens (primary N) is 1. The van der Waals surface area contributed by atoms with Gasteiger partial charge in [0.1, 0.15) is 6.04 Å². The Hall–Kier alpha value is -3.44. The van der Waals surface area contributed by atoms with Crippen molar-refractivity contribution in [3.63, 3.8) is 0 Å². The standard InChI is InChI=1S/C28H32N2O3/c1-28(2,3)24(22-15-13-21(14-16-22)20-7-5-4-6-8-20)18-30-26(31)23-11-9-19(10-12-23)17-25(29)27(32)33/h4-16,24-25H,17-18,29H2,1-3H3,(H,30,31)(H,32,33)/t24-,25+/m0/s1. The van der Waals surface area contributed by atoms with E-state index in [9.17, 15) is 9.59 Å². The monoisotopic (exact) mass is 444 g/mol. The number of nitrogens with one attached hydrogen (secondary N) is 1. The van der Waals surface area contributed by atoms with Crippen LogP contribution in [0.3, 0.4) is 0 Å². The van der Waals surface area contributed by atoms with Crippen LogP contribution >= 0.6 is 0 Å². The molecular formula is C28H32N2O3. The number of carboxylic acids is 1. The number of rotatable bonds is 8. The lowest BCUT2D eigenvalue weighted by molar-refractivity contribution is -0.138. The van der Waals surface area contributed by atoms with Crippen molar-refractivity contribution < 1.29 is 14.7 Å². The molecule has 5 heteroatoms. The molecule has 3 aromatic carbocycles. The van der Waals surface area contributed by atoms with Crippen molar-refractivity contribution in [3.05, 3.63) is 95.6 Å². The summed E-state index contributed by atoms with van der Waals surface area (Å²) in [6.45, 7) is 7.04. The van der Waals surface area contributed by atoms with Crippen LogP contribution in [0, 0.1) is 5.41 Å². The second-order valence-electron chi connectivity index (χ2n) is 9.46. The van der Waals surface area contributed by atoms with Crippen LogP contribution in [0.15, 0.2) is 78.9 Å². The van der Waals surface area contributed by atoms with E-state index in [2.05, 4.69) is 62.5 Å². The summed E-state index contributed by atoms with van der Waals surface area (Å²) in [6.07, 6.45) is 0.225. The maximum absolute atomic E-state index is 12.8. The number of amides is 1. The summed E-state index contributed by atoms with van der Waals surface area (Å²) in [5.74, 6) is -1.06. The van der Waals surface area contributed by atoms with E-state index in [1.54, 1.807) is 24.3 Å². The number of aliphatic carboxylic acids is 1. The SMILES string of the molecule is CC(C)(C)[C@@H](CNC(=O)c1ccc(C[C@@H](N)C(=O)O)cc1)c1ccc(-c2ccccc2)cc1. The number of benzene rings is 3. The zero-order valence-corrected chi connectivity index (χ0v) is 19.4. The van der Waals surface area contributed by atoms with Gasteiger partial charge >= 0.3 is 5.97 Å². The highest BCUT2D eigenvalue weighted by Crippen LogP contribution is 2.35.